The summed E-state index contributed by atoms with van der Waals surface area (Å²) in [7, 11) is 0. The second kappa shape index (κ2) is 6.58. The minimum atomic E-state index is 0.152. The fourth-order valence-electron chi connectivity index (χ4n) is 2.73. The second-order valence-electron chi connectivity index (χ2n) is 5.46. The van der Waals surface area contributed by atoms with Crippen molar-refractivity contribution in [2.24, 2.45) is 5.92 Å². The van der Waals surface area contributed by atoms with Crippen molar-refractivity contribution in [1.82, 2.24) is 0 Å². The highest BCUT2D eigenvalue weighted by Gasteiger charge is 2.25. The highest BCUT2D eigenvalue weighted by atomic mass is 35.5. The number of alkyl halides is 1. The molecular formula is C16H23ClO. The van der Waals surface area contributed by atoms with Crippen LogP contribution in [0.25, 0.3) is 0 Å². The summed E-state index contributed by atoms with van der Waals surface area (Å²) in [4.78, 5) is 0. The van der Waals surface area contributed by atoms with Crippen molar-refractivity contribution in [1.29, 1.82) is 0 Å². The Labute approximate surface area is 115 Å². The lowest BCUT2D eigenvalue weighted by atomic mass is 9.93. The first kappa shape index (κ1) is 13.9. The van der Waals surface area contributed by atoms with Gasteiger partial charge >= 0.3 is 0 Å². The van der Waals surface area contributed by atoms with E-state index in [9.17, 15) is 0 Å². The lowest BCUT2D eigenvalue weighted by Crippen LogP contribution is -2.13. The molecule has 1 aliphatic carbocycles. The average molecular weight is 267 g/mol. The Kier molecular flexibility index (Phi) is 5.08. The molecule has 2 atom stereocenters. The van der Waals surface area contributed by atoms with Crippen LogP contribution in [0.2, 0.25) is 0 Å². The highest BCUT2D eigenvalue weighted by Crippen LogP contribution is 2.39. The molecular weight excluding hydrogens is 244 g/mol. The SMILES string of the molecule is CC(C)OCCC1CCCc2ccccc2C1Cl. The van der Waals surface area contributed by atoms with Gasteiger partial charge in [-0.15, -0.1) is 11.6 Å². The summed E-state index contributed by atoms with van der Waals surface area (Å²) in [5, 5.41) is 0.152. The number of hydrogen-bond donors (Lipinski definition) is 0. The van der Waals surface area contributed by atoms with Crippen LogP contribution in [-0.4, -0.2) is 12.7 Å². The zero-order chi connectivity index (χ0) is 13.0. The molecule has 0 N–H and O–H groups in total. The van der Waals surface area contributed by atoms with Gasteiger partial charge in [-0.25, -0.2) is 0 Å². The molecule has 0 aliphatic heterocycles. The topological polar surface area (TPSA) is 9.23 Å². The van der Waals surface area contributed by atoms with Gasteiger partial charge in [0, 0.05) is 6.61 Å². The van der Waals surface area contributed by atoms with E-state index in [0.29, 0.717) is 12.0 Å². The fraction of sp³-hybridized carbons (Fsp3) is 0.625. The number of halogens is 1. The molecule has 2 unspecified atom stereocenters. The first-order valence-corrected chi connectivity index (χ1v) is 7.45. The molecule has 0 aromatic heterocycles. The fourth-order valence-corrected chi connectivity index (χ4v) is 3.20. The number of benzene rings is 1. The summed E-state index contributed by atoms with van der Waals surface area (Å²) in [5.41, 5.74) is 2.77. The molecule has 0 fully saturated rings. The van der Waals surface area contributed by atoms with Crippen LogP contribution in [0.5, 0.6) is 0 Å². The third kappa shape index (κ3) is 3.49. The molecule has 1 aromatic rings. The Morgan fingerprint density at radius 1 is 1.33 bits per heavy atom. The van der Waals surface area contributed by atoms with Crippen molar-refractivity contribution < 1.29 is 4.74 Å². The molecule has 0 saturated carbocycles. The molecule has 18 heavy (non-hydrogen) atoms. The average Bonchev–Trinajstić information content (AvgIpc) is 2.50. The molecule has 0 heterocycles. The molecule has 0 radical (unpaired) electrons. The van der Waals surface area contributed by atoms with Gasteiger partial charge in [0.1, 0.15) is 0 Å². The summed E-state index contributed by atoms with van der Waals surface area (Å²) >= 11 is 6.68. The summed E-state index contributed by atoms with van der Waals surface area (Å²) in [6.07, 6.45) is 5.01. The summed E-state index contributed by atoms with van der Waals surface area (Å²) in [5.74, 6) is 0.550. The molecule has 2 heteroatoms. The molecule has 100 valence electrons. The Balaban J connectivity index is 2.01. The third-order valence-electron chi connectivity index (χ3n) is 3.73. The molecule has 0 amide bonds. The third-order valence-corrected chi connectivity index (χ3v) is 4.32. The minimum absolute atomic E-state index is 0.152. The van der Waals surface area contributed by atoms with Crippen LogP contribution in [0.4, 0.5) is 0 Å². The monoisotopic (exact) mass is 266 g/mol. The van der Waals surface area contributed by atoms with Crippen molar-refractivity contribution >= 4 is 11.6 Å². The van der Waals surface area contributed by atoms with E-state index in [1.54, 1.807) is 0 Å². The predicted octanol–water partition coefficient (Wildman–Crippen LogP) is 4.73. The number of rotatable bonds is 4. The first-order chi connectivity index (χ1) is 8.68. The van der Waals surface area contributed by atoms with Crippen molar-refractivity contribution in [2.75, 3.05) is 6.61 Å². The van der Waals surface area contributed by atoms with Crippen LogP contribution < -0.4 is 0 Å². The second-order valence-corrected chi connectivity index (χ2v) is 5.93. The maximum atomic E-state index is 6.68. The van der Waals surface area contributed by atoms with E-state index in [1.165, 1.54) is 30.4 Å². The summed E-state index contributed by atoms with van der Waals surface area (Å²) < 4.78 is 5.66. The lowest BCUT2D eigenvalue weighted by Gasteiger charge is -2.21. The summed E-state index contributed by atoms with van der Waals surface area (Å²) in [6.45, 7) is 4.99. The Bertz CT molecular complexity index is 375. The largest absolute Gasteiger partial charge is 0.379 e. The van der Waals surface area contributed by atoms with Gasteiger partial charge < -0.3 is 4.74 Å². The maximum absolute atomic E-state index is 6.68. The molecule has 0 saturated heterocycles. The van der Waals surface area contributed by atoms with Crippen LogP contribution >= 0.6 is 11.6 Å². The van der Waals surface area contributed by atoms with Gasteiger partial charge in [-0.05, 0) is 56.6 Å². The molecule has 0 spiro atoms. The zero-order valence-corrected chi connectivity index (χ0v) is 12.1. The zero-order valence-electron chi connectivity index (χ0n) is 11.4. The summed E-state index contributed by atoms with van der Waals surface area (Å²) in [6, 6.07) is 8.62. The Morgan fingerprint density at radius 3 is 2.89 bits per heavy atom. The molecule has 2 rings (SSSR count). The van der Waals surface area contributed by atoms with Gasteiger partial charge in [-0.2, -0.15) is 0 Å². The van der Waals surface area contributed by atoms with Crippen molar-refractivity contribution in [3.8, 4) is 0 Å². The van der Waals surface area contributed by atoms with Crippen LogP contribution in [-0.2, 0) is 11.2 Å². The first-order valence-electron chi connectivity index (χ1n) is 7.02. The smallest absolute Gasteiger partial charge is 0.0616 e. The van der Waals surface area contributed by atoms with Crippen LogP contribution in [0, 0.1) is 5.92 Å². The molecule has 1 aliphatic rings. The Morgan fingerprint density at radius 2 is 2.11 bits per heavy atom. The normalized spacial score (nSPS) is 23.8. The van der Waals surface area contributed by atoms with Gasteiger partial charge in [0.05, 0.1) is 11.5 Å². The Hall–Kier alpha value is -0.530. The molecule has 1 nitrogen and oxygen atoms in total. The quantitative estimate of drug-likeness (QED) is 0.565. The lowest BCUT2D eigenvalue weighted by molar-refractivity contribution is 0.0672. The number of fused-ring (bicyclic) bond motifs is 1. The maximum Gasteiger partial charge on any atom is 0.0616 e. The molecule has 1 aromatic carbocycles. The van der Waals surface area contributed by atoms with Gasteiger partial charge in [-0.3, -0.25) is 0 Å². The van der Waals surface area contributed by atoms with E-state index < -0.39 is 0 Å². The van der Waals surface area contributed by atoms with Crippen LogP contribution in [0.15, 0.2) is 24.3 Å². The van der Waals surface area contributed by atoms with Gasteiger partial charge in [0.25, 0.3) is 0 Å². The van der Waals surface area contributed by atoms with E-state index >= 15 is 0 Å². The number of hydrogen-bond acceptors (Lipinski definition) is 1. The standard InChI is InChI=1S/C16H23ClO/c1-12(2)18-11-10-14-8-5-7-13-6-3-4-9-15(13)16(14)17/h3-4,6,9,12,14,16H,5,7-8,10-11H2,1-2H3. The van der Waals surface area contributed by atoms with E-state index in [1.807, 2.05) is 0 Å². The van der Waals surface area contributed by atoms with Crippen molar-refractivity contribution in [3.63, 3.8) is 0 Å². The van der Waals surface area contributed by atoms with Crippen molar-refractivity contribution in [2.45, 2.75) is 51.0 Å². The van der Waals surface area contributed by atoms with Gasteiger partial charge in [0.2, 0.25) is 0 Å². The van der Waals surface area contributed by atoms with Crippen LogP contribution in [0.1, 0.15) is 49.6 Å². The molecule has 0 bridgehead atoms. The van der Waals surface area contributed by atoms with Crippen LogP contribution in [0.3, 0.4) is 0 Å². The van der Waals surface area contributed by atoms with Gasteiger partial charge in [-0.1, -0.05) is 24.3 Å². The number of aryl methyl sites for hydroxylation is 1. The highest BCUT2D eigenvalue weighted by molar-refractivity contribution is 6.21. The minimum Gasteiger partial charge on any atom is -0.379 e. The van der Waals surface area contributed by atoms with Gasteiger partial charge in [0.15, 0.2) is 0 Å². The van der Waals surface area contributed by atoms with E-state index in [4.69, 9.17) is 16.3 Å². The van der Waals surface area contributed by atoms with E-state index in [0.717, 1.165) is 13.0 Å². The van der Waals surface area contributed by atoms with E-state index in [2.05, 4.69) is 38.1 Å². The number of ether oxygens (including phenoxy) is 1. The predicted molar refractivity (Wildman–Crippen MR) is 77.2 cm³/mol. The van der Waals surface area contributed by atoms with Crippen molar-refractivity contribution in [3.05, 3.63) is 35.4 Å². The van der Waals surface area contributed by atoms with E-state index in [-0.39, 0.29) is 5.38 Å².